The molecule has 0 aromatic heterocycles. The van der Waals surface area contributed by atoms with Crippen LogP contribution in [0, 0.1) is 6.07 Å². The monoisotopic (exact) mass is 189 g/mol. The van der Waals surface area contributed by atoms with Gasteiger partial charge in [-0.1, -0.05) is 12.1 Å². The van der Waals surface area contributed by atoms with E-state index in [9.17, 15) is 13.2 Å². The van der Waals surface area contributed by atoms with E-state index in [2.05, 4.69) is 6.07 Å². The first-order valence-electron chi connectivity index (χ1n) is 3.72. The maximum absolute atomic E-state index is 12.1. The minimum atomic E-state index is -4.36. The standard InChI is InChI=1S/C9H8F3O/c10-9(11,12)8-3-1-2-7(6-8)4-5-13/h1-2,6,13H,4-5H2. The molecule has 0 saturated carbocycles. The largest absolute Gasteiger partial charge is 0.417 e. The summed E-state index contributed by atoms with van der Waals surface area (Å²) in [7, 11) is 0. The molecule has 1 radical (unpaired) electrons. The highest BCUT2D eigenvalue weighted by atomic mass is 19.4. The van der Waals surface area contributed by atoms with Crippen LogP contribution in [0.1, 0.15) is 11.1 Å². The second-order valence-electron chi connectivity index (χ2n) is 2.58. The molecule has 0 atom stereocenters. The highest BCUT2D eigenvalue weighted by Gasteiger charge is 2.30. The molecule has 13 heavy (non-hydrogen) atoms. The highest BCUT2D eigenvalue weighted by molar-refractivity contribution is 5.24. The van der Waals surface area contributed by atoms with Crippen LogP contribution >= 0.6 is 0 Å². The van der Waals surface area contributed by atoms with Crippen LogP contribution in [0.2, 0.25) is 0 Å². The maximum atomic E-state index is 12.1. The third kappa shape index (κ3) is 2.73. The van der Waals surface area contributed by atoms with Crippen molar-refractivity contribution in [3.63, 3.8) is 0 Å². The van der Waals surface area contributed by atoms with Crippen molar-refractivity contribution in [1.29, 1.82) is 0 Å². The second kappa shape index (κ2) is 3.79. The fourth-order valence-electron chi connectivity index (χ4n) is 0.962. The number of hydrogen-bond acceptors (Lipinski definition) is 1. The van der Waals surface area contributed by atoms with Gasteiger partial charge in [0.25, 0.3) is 0 Å². The zero-order valence-corrected chi connectivity index (χ0v) is 6.73. The number of aliphatic hydroxyl groups is 1. The molecule has 0 aliphatic rings. The average Bonchev–Trinajstić information content (AvgIpc) is 2.04. The van der Waals surface area contributed by atoms with Gasteiger partial charge in [-0.2, -0.15) is 13.2 Å². The van der Waals surface area contributed by atoms with E-state index in [0.29, 0.717) is 5.56 Å². The van der Waals surface area contributed by atoms with Crippen LogP contribution in [-0.4, -0.2) is 11.7 Å². The van der Waals surface area contributed by atoms with Crippen molar-refractivity contribution in [2.45, 2.75) is 12.6 Å². The molecule has 1 rings (SSSR count). The molecule has 71 valence electrons. The smallest absolute Gasteiger partial charge is 0.396 e. The van der Waals surface area contributed by atoms with E-state index in [4.69, 9.17) is 5.11 Å². The summed E-state index contributed by atoms with van der Waals surface area (Å²) < 4.78 is 36.3. The van der Waals surface area contributed by atoms with Gasteiger partial charge in [-0.05, 0) is 24.1 Å². The van der Waals surface area contributed by atoms with Gasteiger partial charge in [-0.3, -0.25) is 0 Å². The number of rotatable bonds is 2. The summed E-state index contributed by atoms with van der Waals surface area (Å²) in [4.78, 5) is 0. The fraction of sp³-hybridized carbons (Fsp3) is 0.333. The Bertz CT molecular complexity index is 280. The summed E-state index contributed by atoms with van der Waals surface area (Å²) in [6.45, 7) is -0.151. The molecule has 0 aliphatic heterocycles. The minimum absolute atomic E-state index is 0.151. The third-order valence-electron chi connectivity index (χ3n) is 1.57. The second-order valence-corrected chi connectivity index (χ2v) is 2.58. The molecule has 1 N–H and O–H groups in total. The van der Waals surface area contributed by atoms with Crippen LogP contribution in [0.5, 0.6) is 0 Å². The molecule has 0 aliphatic carbocycles. The van der Waals surface area contributed by atoms with Crippen molar-refractivity contribution in [3.8, 4) is 0 Å². The summed E-state index contributed by atoms with van der Waals surface area (Å²) in [6, 6.07) is 5.82. The van der Waals surface area contributed by atoms with Crippen LogP contribution in [0.15, 0.2) is 18.2 Å². The quantitative estimate of drug-likeness (QED) is 0.754. The summed E-state index contributed by atoms with van der Waals surface area (Å²) >= 11 is 0. The van der Waals surface area contributed by atoms with Crippen LogP contribution in [0.4, 0.5) is 13.2 Å². The van der Waals surface area contributed by atoms with Gasteiger partial charge >= 0.3 is 6.18 Å². The van der Waals surface area contributed by atoms with Crippen molar-refractivity contribution >= 4 is 0 Å². The molecule has 0 saturated heterocycles. The summed E-state index contributed by atoms with van der Waals surface area (Å²) in [6.07, 6.45) is -4.12. The lowest BCUT2D eigenvalue weighted by Gasteiger charge is -2.07. The Hall–Kier alpha value is -1.03. The summed E-state index contributed by atoms with van der Waals surface area (Å²) in [5.74, 6) is 0. The number of aliphatic hydroxyl groups excluding tert-OH is 1. The lowest BCUT2D eigenvalue weighted by atomic mass is 10.1. The molecule has 0 spiro atoms. The van der Waals surface area contributed by atoms with Gasteiger partial charge in [-0.15, -0.1) is 0 Å². The van der Waals surface area contributed by atoms with E-state index < -0.39 is 11.7 Å². The van der Waals surface area contributed by atoms with Crippen LogP contribution in [0.25, 0.3) is 0 Å². The van der Waals surface area contributed by atoms with Crippen LogP contribution in [0.3, 0.4) is 0 Å². The van der Waals surface area contributed by atoms with E-state index in [1.54, 1.807) is 0 Å². The van der Waals surface area contributed by atoms with E-state index in [-0.39, 0.29) is 13.0 Å². The normalized spacial score (nSPS) is 11.7. The Morgan fingerprint density at radius 3 is 2.62 bits per heavy atom. The van der Waals surface area contributed by atoms with Crippen molar-refractivity contribution in [1.82, 2.24) is 0 Å². The van der Waals surface area contributed by atoms with Gasteiger partial charge in [0.1, 0.15) is 0 Å². The van der Waals surface area contributed by atoms with Crippen molar-refractivity contribution in [2.24, 2.45) is 0 Å². The number of halogens is 3. The molecular weight excluding hydrogens is 181 g/mol. The molecule has 1 aromatic rings. The van der Waals surface area contributed by atoms with Gasteiger partial charge in [0.05, 0.1) is 5.56 Å². The molecule has 4 heteroatoms. The first-order chi connectivity index (χ1) is 6.04. The number of alkyl halides is 3. The van der Waals surface area contributed by atoms with Crippen molar-refractivity contribution in [3.05, 3.63) is 35.4 Å². The first kappa shape index (κ1) is 10.1. The molecular formula is C9H8F3O. The van der Waals surface area contributed by atoms with Gasteiger partial charge in [-0.25, -0.2) is 0 Å². The number of hydrogen-bond donors (Lipinski definition) is 1. The Morgan fingerprint density at radius 2 is 2.08 bits per heavy atom. The van der Waals surface area contributed by atoms with Crippen molar-refractivity contribution in [2.75, 3.05) is 6.61 Å². The summed E-state index contributed by atoms with van der Waals surface area (Å²) in [5.41, 5.74) is -0.327. The van der Waals surface area contributed by atoms with Gasteiger partial charge < -0.3 is 5.11 Å². The number of benzene rings is 1. The Labute approximate surface area is 73.8 Å². The SMILES string of the molecule is OCCc1cc[c]c(C(F)(F)F)c1. The predicted octanol–water partition coefficient (Wildman–Crippen LogP) is 2.04. The molecule has 0 fully saturated rings. The molecule has 0 amide bonds. The first-order valence-corrected chi connectivity index (χ1v) is 3.72. The van der Waals surface area contributed by atoms with E-state index in [1.807, 2.05) is 0 Å². The fourth-order valence-corrected chi connectivity index (χ4v) is 0.962. The minimum Gasteiger partial charge on any atom is -0.396 e. The highest BCUT2D eigenvalue weighted by Crippen LogP contribution is 2.29. The Morgan fingerprint density at radius 1 is 1.38 bits per heavy atom. The van der Waals surface area contributed by atoms with E-state index in [1.165, 1.54) is 12.1 Å². The zero-order chi connectivity index (χ0) is 9.90. The van der Waals surface area contributed by atoms with Crippen LogP contribution < -0.4 is 0 Å². The van der Waals surface area contributed by atoms with Crippen LogP contribution in [-0.2, 0) is 12.6 Å². The third-order valence-corrected chi connectivity index (χ3v) is 1.57. The molecule has 0 unspecified atom stereocenters. The molecule has 0 heterocycles. The lowest BCUT2D eigenvalue weighted by Crippen LogP contribution is -2.05. The van der Waals surface area contributed by atoms with Gasteiger partial charge in [0.15, 0.2) is 0 Å². The predicted molar refractivity (Wildman–Crippen MR) is 41.1 cm³/mol. The Kier molecular flexibility index (Phi) is 2.93. The topological polar surface area (TPSA) is 20.2 Å². The van der Waals surface area contributed by atoms with Gasteiger partial charge in [0, 0.05) is 6.61 Å². The van der Waals surface area contributed by atoms with E-state index >= 15 is 0 Å². The molecule has 1 nitrogen and oxygen atoms in total. The van der Waals surface area contributed by atoms with E-state index in [0.717, 1.165) is 6.07 Å². The zero-order valence-electron chi connectivity index (χ0n) is 6.73. The lowest BCUT2D eigenvalue weighted by molar-refractivity contribution is -0.137. The average molecular weight is 189 g/mol. The summed E-state index contributed by atoms with van der Waals surface area (Å²) in [5, 5.41) is 8.52. The maximum Gasteiger partial charge on any atom is 0.417 e. The van der Waals surface area contributed by atoms with Gasteiger partial charge in [0.2, 0.25) is 0 Å². The molecule has 0 bridgehead atoms. The molecule has 1 aromatic carbocycles. The Balaban J connectivity index is 2.92. The van der Waals surface area contributed by atoms with Crippen molar-refractivity contribution < 1.29 is 18.3 Å².